The molecule has 2 aromatic heterocycles. The standard InChI is InChI=1S/C25H10F10N2O/c26-14-8-7-11(20(27)18(14)24(30,31)32)23(38)13-10-12(21(28)19(22(13)29)25(33,34)35)15-5-3-6-17(37-15)16-4-1-2-9-36-16/h1-10H. The first-order valence-corrected chi connectivity index (χ1v) is 10.3. The zero-order valence-electron chi connectivity index (χ0n) is 18.4. The molecule has 0 N–H and O–H groups in total. The number of ketones is 1. The number of nitrogens with zero attached hydrogens (tertiary/aromatic N) is 2. The van der Waals surface area contributed by atoms with E-state index in [4.69, 9.17) is 0 Å². The number of pyridine rings is 2. The van der Waals surface area contributed by atoms with Crippen LogP contribution >= 0.6 is 0 Å². The van der Waals surface area contributed by atoms with Gasteiger partial charge in [0.15, 0.2) is 5.78 Å². The lowest BCUT2D eigenvalue weighted by Crippen LogP contribution is -2.19. The second-order valence-electron chi connectivity index (χ2n) is 7.71. The van der Waals surface area contributed by atoms with E-state index in [1.54, 1.807) is 12.1 Å². The number of alkyl halides is 6. The quantitative estimate of drug-likeness (QED) is 0.196. The SMILES string of the molecule is O=C(c1ccc(F)c(C(F)(F)F)c1F)c1cc(-c2cccc(-c3ccccn3)n2)c(F)c(C(F)(F)F)c1F. The Morgan fingerprint density at radius 2 is 1.24 bits per heavy atom. The van der Waals surface area contributed by atoms with E-state index in [0.29, 0.717) is 0 Å². The summed E-state index contributed by atoms with van der Waals surface area (Å²) in [5, 5.41) is 0. The van der Waals surface area contributed by atoms with E-state index < -0.39 is 74.9 Å². The summed E-state index contributed by atoms with van der Waals surface area (Å²) >= 11 is 0. The van der Waals surface area contributed by atoms with Crippen LogP contribution in [0.25, 0.3) is 22.6 Å². The maximum atomic E-state index is 15.0. The average Bonchev–Trinajstić information content (AvgIpc) is 2.83. The maximum absolute atomic E-state index is 15.0. The van der Waals surface area contributed by atoms with Gasteiger partial charge in [0.2, 0.25) is 0 Å². The van der Waals surface area contributed by atoms with Crippen LogP contribution in [0.15, 0.2) is 60.8 Å². The van der Waals surface area contributed by atoms with Gasteiger partial charge >= 0.3 is 12.4 Å². The van der Waals surface area contributed by atoms with E-state index in [1.807, 2.05) is 0 Å². The summed E-state index contributed by atoms with van der Waals surface area (Å²) in [5.74, 6) is -11.3. The van der Waals surface area contributed by atoms with Crippen LogP contribution in [0.1, 0.15) is 27.0 Å². The number of hydrogen-bond donors (Lipinski definition) is 0. The number of carbonyl (C=O) groups is 1. The summed E-state index contributed by atoms with van der Waals surface area (Å²) in [6.45, 7) is 0. The van der Waals surface area contributed by atoms with E-state index in [-0.39, 0.29) is 29.6 Å². The zero-order chi connectivity index (χ0) is 28.0. The van der Waals surface area contributed by atoms with Crippen LogP contribution in [-0.2, 0) is 12.4 Å². The highest BCUT2D eigenvalue weighted by molar-refractivity contribution is 6.10. The summed E-state index contributed by atoms with van der Waals surface area (Å²) in [6.07, 6.45) is -9.99. The molecule has 0 bridgehead atoms. The fourth-order valence-corrected chi connectivity index (χ4v) is 3.61. The second kappa shape index (κ2) is 9.54. The molecule has 4 aromatic rings. The molecule has 3 nitrogen and oxygen atoms in total. The maximum Gasteiger partial charge on any atom is 0.422 e. The monoisotopic (exact) mass is 544 g/mol. The fourth-order valence-electron chi connectivity index (χ4n) is 3.61. The van der Waals surface area contributed by atoms with Crippen molar-refractivity contribution in [3.8, 4) is 22.6 Å². The predicted molar refractivity (Wildman–Crippen MR) is 113 cm³/mol. The van der Waals surface area contributed by atoms with Crippen LogP contribution in [0, 0.1) is 23.3 Å². The molecule has 196 valence electrons. The van der Waals surface area contributed by atoms with Crippen LogP contribution in [0.4, 0.5) is 43.9 Å². The number of benzene rings is 2. The van der Waals surface area contributed by atoms with Gasteiger partial charge in [-0.15, -0.1) is 0 Å². The van der Waals surface area contributed by atoms with Crippen LogP contribution in [0.2, 0.25) is 0 Å². The summed E-state index contributed by atoms with van der Waals surface area (Å²) in [5.41, 5.74) is -9.58. The second-order valence-corrected chi connectivity index (χ2v) is 7.71. The van der Waals surface area contributed by atoms with Crippen molar-refractivity contribution in [2.24, 2.45) is 0 Å². The number of carbonyl (C=O) groups excluding carboxylic acids is 1. The minimum atomic E-state index is -5.73. The van der Waals surface area contributed by atoms with Crippen LogP contribution in [-0.4, -0.2) is 15.8 Å². The summed E-state index contributed by atoms with van der Waals surface area (Å²) in [7, 11) is 0. The van der Waals surface area contributed by atoms with Crippen molar-refractivity contribution in [1.29, 1.82) is 0 Å². The third-order valence-electron chi connectivity index (χ3n) is 5.30. The lowest BCUT2D eigenvalue weighted by atomic mass is 9.94. The van der Waals surface area contributed by atoms with Crippen LogP contribution < -0.4 is 0 Å². The van der Waals surface area contributed by atoms with Crippen molar-refractivity contribution < 1.29 is 48.7 Å². The molecular formula is C25H10F10N2O. The van der Waals surface area contributed by atoms with Crippen LogP contribution in [0.5, 0.6) is 0 Å². The molecule has 13 heteroatoms. The van der Waals surface area contributed by atoms with E-state index in [2.05, 4.69) is 9.97 Å². The third kappa shape index (κ3) is 4.83. The minimum Gasteiger partial charge on any atom is -0.288 e. The number of halogens is 10. The molecule has 0 fully saturated rings. The highest BCUT2D eigenvalue weighted by atomic mass is 19.4. The van der Waals surface area contributed by atoms with Gasteiger partial charge in [0.05, 0.1) is 28.2 Å². The minimum absolute atomic E-state index is 0.0457. The Bertz CT molecular complexity index is 1550. The number of hydrogen-bond acceptors (Lipinski definition) is 3. The van der Waals surface area contributed by atoms with Gasteiger partial charge in [0, 0.05) is 11.8 Å². The Balaban J connectivity index is 1.97. The van der Waals surface area contributed by atoms with Gasteiger partial charge in [-0.05, 0) is 42.5 Å². The van der Waals surface area contributed by atoms with Crippen molar-refractivity contribution in [2.45, 2.75) is 12.4 Å². The summed E-state index contributed by atoms with van der Waals surface area (Å²) in [4.78, 5) is 20.8. The molecule has 0 spiro atoms. The van der Waals surface area contributed by atoms with E-state index >= 15 is 4.39 Å². The van der Waals surface area contributed by atoms with Crippen molar-refractivity contribution >= 4 is 5.78 Å². The fraction of sp³-hybridized carbons (Fsp3) is 0.0800. The van der Waals surface area contributed by atoms with Crippen LogP contribution in [0.3, 0.4) is 0 Å². The first kappa shape index (κ1) is 26.8. The Kier molecular flexibility index (Phi) is 6.72. The van der Waals surface area contributed by atoms with Gasteiger partial charge in [0.1, 0.15) is 34.4 Å². The van der Waals surface area contributed by atoms with Gasteiger partial charge in [-0.1, -0.05) is 12.1 Å². The zero-order valence-corrected chi connectivity index (χ0v) is 18.4. The molecule has 0 radical (unpaired) electrons. The molecule has 0 aliphatic carbocycles. The number of aromatic nitrogens is 2. The van der Waals surface area contributed by atoms with E-state index in [0.717, 1.165) is 6.07 Å². The first-order chi connectivity index (χ1) is 17.7. The Morgan fingerprint density at radius 1 is 0.632 bits per heavy atom. The van der Waals surface area contributed by atoms with Gasteiger partial charge in [-0.2, -0.15) is 26.3 Å². The van der Waals surface area contributed by atoms with Gasteiger partial charge in [-0.25, -0.2) is 22.5 Å². The molecule has 4 rings (SSSR count). The molecule has 0 saturated heterocycles. The van der Waals surface area contributed by atoms with Crippen molar-refractivity contribution in [2.75, 3.05) is 0 Å². The highest BCUT2D eigenvalue weighted by Gasteiger charge is 2.43. The molecule has 0 saturated carbocycles. The predicted octanol–water partition coefficient (Wildman–Crippen LogP) is 7.64. The van der Waals surface area contributed by atoms with Gasteiger partial charge in [0.25, 0.3) is 0 Å². The smallest absolute Gasteiger partial charge is 0.288 e. The summed E-state index contributed by atoms with van der Waals surface area (Å²) < 4.78 is 138. The lowest BCUT2D eigenvalue weighted by molar-refractivity contribution is -0.143. The molecule has 0 amide bonds. The van der Waals surface area contributed by atoms with Crippen molar-refractivity contribution in [3.63, 3.8) is 0 Å². The largest absolute Gasteiger partial charge is 0.422 e. The highest BCUT2D eigenvalue weighted by Crippen LogP contribution is 2.40. The molecule has 38 heavy (non-hydrogen) atoms. The Labute approximate surface area is 206 Å². The molecular weight excluding hydrogens is 534 g/mol. The van der Waals surface area contributed by atoms with Crippen molar-refractivity contribution in [1.82, 2.24) is 9.97 Å². The molecule has 0 aliphatic rings. The third-order valence-corrected chi connectivity index (χ3v) is 5.30. The van der Waals surface area contributed by atoms with E-state index in [9.17, 15) is 44.3 Å². The average molecular weight is 544 g/mol. The van der Waals surface area contributed by atoms with Gasteiger partial charge < -0.3 is 0 Å². The Hall–Kier alpha value is -4.29. The Morgan fingerprint density at radius 3 is 1.84 bits per heavy atom. The molecule has 0 atom stereocenters. The summed E-state index contributed by atoms with van der Waals surface area (Å²) in [6, 6.07) is 8.75. The molecule has 2 heterocycles. The van der Waals surface area contributed by atoms with Crippen molar-refractivity contribution in [3.05, 3.63) is 106 Å². The molecule has 2 aromatic carbocycles. The lowest BCUT2D eigenvalue weighted by Gasteiger charge is -2.17. The topological polar surface area (TPSA) is 42.9 Å². The van der Waals surface area contributed by atoms with E-state index in [1.165, 1.54) is 24.4 Å². The first-order valence-electron chi connectivity index (χ1n) is 10.3. The molecule has 0 unspecified atom stereocenters. The normalized spacial score (nSPS) is 12.1. The molecule has 0 aliphatic heterocycles. The van der Waals surface area contributed by atoms with Gasteiger partial charge in [-0.3, -0.25) is 9.78 Å². The number of rotatable bonds is 4.